The molecule has 102 valence electrons. The van der Waals surface area contributed by atoms with Crippen molar-refractivity contribution < 1.29 is 9.00 Å². The highest BCUT2D eigenvalue weighted by Gasteiger charge is 2.09. The van der Waals surface area contributed by atoms with Gasteiger partial charge >= 0.3 is 0 Å². The lowest BCUT2D eigenvalue weighted by molar-refractivity contribution is -0.130. The molecule has 0 aliphatic rings. The van der Waals surface area contributed by atoms with Crippen molar-refractivity contribution >= 4 is 21.5 Å². The third-order valence-electron chi connectivity index (χ3n) is 2.65. The van der Waals surface area contributed by atoms with Gasteiger partial charge < -0.3 is 4.90 Å². The van der Waals surface area contributed by atoms with Crippen LogP contribution < -0.4 is 5.14 Å². The molecule has 0 saturated heterocycles. The molecule has 0 aliphatic carbocycles. The van der Waals surface area contributed by atoms with Gasteiger partial charge in [0.25, 0.3) is 0 Å². The van der Waals surface area contributed by atoms with Crippen LogP contribution in [0.4, 0.5) is 0 Å². The predicted molar refractivity (Wildman–Crippen MR) is 78.7 cm³/mol. The summed E-state index contributed by atoms with van der Waals surface area (Å²) in [6.07, 6.45) is 5.91. The molecule has 0 spiro atoms. The van der Waals surface area contributed by atoms with Crippen molar-refractivity contribution in [1.29, 1.82) is 0 Å². The Morgan fingerprint density at radius 2 is 2.05 bits per heavy atom. The minimum absolute atomic E-state index is 0.00167. The number of nitrogens with two attached hydrogens (primary N) is 1. The summed E-state index contributed by atoms with van der Waals surface area (Å²) in [5, 5.41) is 5.44. The summed E-state index contributed by atoms with van der Waals surface area (Å²) in [4.78, 5) is 13.8. The Morgan fingerprint density at radius 1 is 1.47 bits per heavy atom. The maximum Gasteiger partial charge on any atom is 0.223 e. The maximum absolute atomic E-state index is 11.7. The van der Waals surface area contributed by atoms with Crippen LogP contribution in [-0.4, -0.2) is 27.9 Å². The second kappa shape index (κ2) is 6.41. The lowest BCUT2D eigenvalue weighted by atomic mass is 10.2. The molecule has 0 bridgehead atoms. The SMILES string of the molecule is C#CCCC(=O)N(C)Cc1ccc(S(=C)(N)=O)cc1. The largest absolute Gasteiger partial charge is 0.341 e. The van der Waals surface area contributed by atoms with Crippen LogP contribution in [0.2, 0.25) is 0 Å². The number of amides is 1. The van der Waals surface area contributed by atoms with Gasteiger partial charge in [-0.05, 0) is 23.6 Å². The molecule has 0 aliphatic heterocycles. The molecule has 1 atom stereocenters. The summed E-state index contributed by atoms with van der Waals surface area (Å²) in [6, 6.07) is 6.92. The van der Waals surface area contributed by atoms with Gasteiger partial charge in [-0.3, -0.25) is 9.93 Å². The Morgan fingerprint density at radius 3 is 2.53 bits per heavy atom. The van der Waals surface area contributed by atoms with E-state index in [0.717, 1.165) is 5.56 Å². The second-order valence-corrected chi connectivity index (χ2v) is 6.25. The van der Waals surface area contributed by atoms with Crippen LogP contribution in [0, 0.1) is 12.3 Å². The highest BCUT2D eigenvalue weighted by molar-refractivity contribution is 7.98. The molecule has 1 rings (SSSR count). The van der Waals surface area contributed by atoms with Crippen molar-refractivity contribution in [3.63, 3.8) is 0 Å². The molecule has 0 radical (unpaired) electrons. The van der Waals surface area contributed by atoms with Crippen LogP contribution >= 0.6 is 0 Å². The van der Waals surface area contributed by atoms with Gasteiger partial charge in [-0.25, -0.2) is 4.21 Å². The van der Waals surface area contributed by atoms with E-state index in [1.165, 1.54) is 0 Å². The van der Waals surface area contributed by atoms with Crippen LogP contribution in [0.5, 0.6) is 0 Å². The average Bonchev–Trinajstić information content (AvgIpc) is 2.35. The molecule has 19 heavy (non-hydrogen) atoms. The summed E-state index contributed by atoms with van der Waals surface area (Å²) < 4.78 is 11.5. The molecule has 1 unspecified atom stereocenters. The number of terminal acetylenes is 1. The monoisotopic (exact) mass is 278 g/mol. The van der Waals surface area contributed by atoms with E-state index >= 15 is 0 Å². The van der Waals surface area contributed by atoms with Crippen molar-refractivity contribution in [3.05, 3.63) is 29.8 Å². The Balaban J connectivity index is 2.68. The van der Waals surface area contributed by atoms with Crippen molar-refractivity contribution in [2.75, 3.05) is 7.05 Å². The van der Waals surface area contributed by atoms with Gasteiger partial charge in [-0.1, -0.05) is 12.1 Å². The van der Waals surface area contributed by atoms with E-state index in [1.807, 2.05) is 0 Å². The minimum Gasteiger partial charge on any atom is -0.341 e. The normalized spacial score (nSPS) is 13.3. The fourth-order valence-electron chi connectivity index (χ4n) is 1.56. The van der Waals surface area contributed by atoms with Gasteiger partial charge in [-0.15, -0.1) is 12.3 Å². The summed E-state index contributed by atoms with van der Waals surface area (Å²) in [7, 11) is -0.957. The first-order valence-electron chi connectivity index (χ1n) is 5.76. The van der Waals surface area contributed by atoms with Gasteiger partial charge in [0.2, 0.25) is 5.91 Å². The van der Waals surface area contributed by atoms with Crippen LogP contribution in [-0.2, 0) is 21.0 Å². The van der Waals surface area contributed by atoms with E-state index < -0.39 is 9.71 Å². The third-order valence-corrected chi connectivity index (χ3v) is 3.72. The first-order valence-corrected chi connectivity index (χ1v) is 7.55. The van der Waals surface area contributed by atoms with E-state index in [2.05, 4.69) is 11.8 Å². The zero-order valence-electron chi connectivity index (χ0n) is 11.0. The molecule has 2 N–H and O–H groups in total. The van der Waals surface area contributed by atoms with E-state index in [9.17, 15) is 9.00 Å². The first kappa shape index (κ1) is 15.3. The molecule has 5 heteroatoms. The molecule has 0 aromatic heterocycles. The van der Waals surface area contributed by atoms with Crippen LogP contribution in [0.3, 0.4) is 0 Å². The fraction of sp³-hybridized carbons (Fsp3) is 0.286. The highest BCUT2D eigenvalue weighted by atomic mass is 32.2. The number of nitrogens with zero attached hydrogens (tertiary/aromatic N) is 1. The van der Waals surface area contributed by atoms with Crippen molar-refractivity contribution in [2.45, 2.75) is 24.3 Å². The van der Waals surface area contributed by atoms with E-state index in [-0.39, 0.29) is 5.91 Å². The Kier molecular flexibility index (Phi) is 5.16. The predicted octanol–water partition coefficient (Wildman–Crippen LogP) is 1.01. The zero-order chi connectivity index (χ0) is 14.5. The van der Waals surface area contributed by atoms with E-state index in [0.29, 0.717) is 24.3 Å². The van der Waals surface area contributed by atoms with Gasteiger partial charge in [0.05, 0.1) is 9.71 Å². The average molecular weight is 278 g/mol. The molecular formula is C14H18N2O2S. The van der Waals surface area contributed by atoms with Gasteiger partial charge in [0.1, 0.15) is 0 Å². The fourth-order valence-corrected chi connectivity index (χ4v) is 2.15. The van der Waals surface area contributed by atoms with E-state index in [4.69, 9.17) is 11.6 Å². The number of hydrogen-bond donors (Lipinski definition) is 1. The Hall–Kier alpha value is -1.77. The highest BCUT2D eigenvalue weighted by Crippen LogP contribution is 2.11. The number of carbonyl (C=O) groups is 1. The van der Waals surface area contributed by atoms with Crippen LogP contribution in [0.1, 0.15) is 18.4 Å². The Bertz CT molecular complexity index is 583. The van der Waals surface area contributed by atoms with Crippen LogP contribution in [0.25, 0.3) is 0 Å². The quantitative estimate of drug-likeness (QED) is 0.645. The van der Waals surface area contributed by atoms with Crippen molar-refractivity contribution in [2.24, 2.45) is 5.14 Å². The lowest BCUT2D eigenvalue weighted by Gasteiger charge is -2.17. The standard InChI is InChI=1S/C14H18N2O2S/c1-4-5-6-14(17)16(2)11-12-7-9-13(10-8-12)19(3,15)18/h1,7-10H,3,5-6,11H2,2H3,(H2,15,18). The third kappa shape index (κ3) is 4.78. The van der Waals surface area contributed by atoms with Gasteiger partial charge in [-0.2, -0.15) is 0 Å². The molecule has 4 nitrogen and oxygen atoms in total. The summed E-state index contributed by atoms with van der Waals surface area (Å²) in [5.41, 5.74) is 0.934. The van der Waals surface area contributed by atoms with Gasteiger partial charge in [0, 0.05) is 31.3 Å². The molecular weight excluding hydrogens is 260 g/mol. The number of carbonyl (C=O) groups excluding carboxylic acids is 1. The topological polar surface area (TPSA) is 63.4 Å². The Labute approximate surface area is 114 Å². The molecule has 0 saturated carbocycles. The number of benzene rings is 1. The number of hydrogen-bond acceptors (Lipinski definition) is 2. The smallest absolute Gasteiger partial charge is 0.223 e. The van der Waals surface area contributed by atoms with Crippen molar-refractivity contribution in [3.8, 4) is 12.3 Å². The minimum atomic E-state index is -2.68. The molecule has 1 amide bonds. The molecule has 1 aromatic rings. The molecule has 0 fully saturated rings. The second-order valence-electron chi connectivity index (χ2n) is 4.32. The maximum atomic E-state index is 11.7. The summed E-state index contributed by atoms with van der Waals surface area (Å²) in [6.45, 7) is 0.479. The molecule has 0 heterocycles. The lowest BCUT2D eigenvalue weighted by Crippen LogP contribution is -2.25. The van der Waals surface area contributed by atoms with E-state index in [1.54, 1.807) is 36.2 Å². The summed E-state index contributed by atoms with van der Waals surface area (Å²) in [5.74, 6) is 5.86. The number of rotatable bonds is 5. The first-order chi connectivity index (χ1) is 8.84. The van der Waals surface area contributed by atoms with Crippen molar-refractivity contribution in [1.82, 2.24) is 4.90 Å². The molecule has 1 aromatic carbocycles. The van der Waals surface area contributed by atoms with Crippen LogP contribution in [0.15, 0.2) is 29.2 Å². The zero-order valence-corrected chi connectivity index (χ0v) is 11.8. The van der Waals surface area contributed by atoms with Gasteiger partial charge in [0.15, 0.2) is 0 Å². The summed E-state index contributed by atoms with van der Waals surface area (Å²) >= 11 is 0.